The van der Waals surface area contributed by atoms with Gasteiger partial charge in [-0.1, -0.05) is 12.1 Å². The molecule has 1 heterocycles. The predicted octanol–water partition coefficient (Wildman–Crippen LogP) is 1.73. The average Bonchev–Trinajstić information content (AvgIpc) is 2.91. The topological polar surface area (TPSA) is 61.2 Å². The largest absolute Gasteiger partial charge is 0.497 e. The Morgan fingerprint density at radius 2 is 2.10 bits per heavy atom. The lowest BCUT2D eigenvalue weighted by Crippen LogP contribution is -2.23. The minimum Gasteiger partial charge on any atom is -0.497 e. The Bertz CT molecular complexity index is 583. The lowest BCUT2D eigenvalue weighted by atomic mass is 10.0. The molecular formula is C15H22N4O2. The van der Waals surface area contributed by atoms with E-state index in [0.29, 0.717) is 0 Å². The van der Waals surface area contributed by atoms with Gasteiger partial charge in [-0.3, -0.25) is 4.68 Å². The fourth-order valence-electron chi connectivity index (χ4n) is 2.35. The van der Waals surface area contributed by atoms with Gasteiger partial charge >= 0.3 is 0 Å². The number of hydrogen-bond donors (Lipinski definition) is 1. The van der Waals surface area contributed by atoms with Crippen LogP contribution >= 0.6 is 0 Å². The summed E-state index contributed by atoms with van der Waals surface area (Å²) in [6.07, 6.45) is 2.67. The highest BCUT2D eigenvalue weighted by atomic mass is 16.5. The molecule has 0 aliphatic rings. The zero-order chi connectivity index (χ0) is 15.2. The summed E-state index contributed by atoms with van der Waals surface area (Å²) in [5.74, 6) is 1.65. The summed E-state index contributed by atoms with van der Waals surface area (Å²) < 4.78 is 12.5. The van der Waals surface area contributed by atoms with Gasteiger partial charge < -0.3 is 14.8 Å². The third-order valence-electron chi connectivity index (χ3n) is 3.33. The number of rotatable bonds is 7. The van der Waals surface area contributed by atoms with Crippen molar-refractivity contribution < 1.29 is 9.47 Å². The Hall–Kier alpha value is -2.08. The molecular weight excluding hydrogens is 268 g/mol. The molecule has 0 aliphatic heterocycles. The highest BCUT2D eigenvalue weighted by Crippen LogP contribution is 2.31. The molecule has 0 fully saturated rings. The van der Waals surface area contributed by atoms with Gasteiger partial charge in [0.25, 0.3) is 0 Å². The molecule has 1 unspecified atom stereocenters. The van der Waals surface area contributed by atoms with Gasteiger partial charge in [-0.25, -0.2) is 0 Å². The van der Waals surface area contributed by atoms with Crippen LogP contribution in [0.15, 0.2) is 24.4 Å². The third-order valence-corrected chi connectivity index (χ3v) is 3.33. The minimum atomic E-state index is 0.0942. The van der Waals surface area contributed by atoms with Crippen LogP contribution in [0.5, 0.6) is 11.5 Å². The summed E-state index contributed by atoms with van der Waals surface area (Å²) in [6, 6.07) is 5.92. The zero-order valence-electron chi connectivity index (χ0n) is 13.0. The molecule has 6 heteroatoms. The van der Waals surface area contributed by atoms with Crippen LogP contribution in [0, 0.1) is 0 Å². The molecule has 0 saturated heterocycles. The van der Waals surface area contributed by atoms with Crippen molar-refractivity contribution in [1.29, 1.82) is 0 Å². The molecule has 0 saturated carbocycles. The second-order valence-electron chi connectivity index (χ2n) is 4.81. The van der Waals surface area contributed by atoms with Crippen LogP contribution in [0.25, 0.3) is 0 Å². The number of ether oxygens (including phenoxy) is 2. The smallest absolute Gasteiger partial charge is 0.123 e. The maximum atomic E-state index is 5.48. The van der Waals surface area contributed by atoms with Crippen LogP contribution in [0.3, 0.4) is 0 Å². The van der Waals surface area contributed by atoms with Crippen LogP contribution in [0.4, 0.5) is 0 Å². The van der Waals surface area contributed by atoms with Crippen molar-refractivity contribution in [3.05, 3.63) is 35.7 Å². The molecule has 0 spiro atoms. The van der Waals surface area contributed by atoms with Gasteiger partial charge in [-0.05, 0) is 24.7 Å². The van der Waals surface area contributed by atoms with Gasteiger partial charge in [0, 0.05) is 31.3 Å². The fourth-order valence-corrected chi connectivity index (χ4v) is 2.35. The Kier molecular flexibility index (Phi) is 5.16. The average molecular weight is 290 g/mol. The van der Waals surface area contributed by atoms with Crippen LogP contribution in [-0.2, 0) is 13.5 Å². The van der Waals surface area contributed by atoms with E-state index >= 15 is 0 Å². The van der Waals surface area contributed by atoms with Crippen LogP contribution in [-0.4, -0.2) is 35.8 Å². The second kappa shape index (κ2) is 7.08. The lowest BCUT2D eigenvalue weighted by molar-refractivity contribution is 0.389. The van der Waals surface area contributed by atoms with Crippen molar-refractivity contribution >= 4 is 0 Å². The summed E-state index contributed by atoms with van der Waals surface area (Å²) in [6.45, 7) is 2.93. The first-order valence-corrected chi connectivity index (χ1v) is 6.98. The number of nitrogens with one attached hydrogen (secondary N) is 1. The monoisotopic (exact) mass is 290 g/mol. The summed E-state index contributed by atoms with van der Waals surface area (Å²) in [5, 5.41) is 11.6. The Balaban J connectivity index is 2.31. The number of methoxy groups -OCH3 is 2. The summed E-state index contributed by atoms with van der Waals surface area (Å²) in [7, 11) is 5.21. The summed E-state index contributed by atoms with van der Waals surface area (Å²) in [4.78, 5) is 0. The Labute approximate surface area is 125 Å². The predicted molar refractivity (Wildman–Crippen MR) is 80.7 cm³/mol. The van der Waals surface area contributed by atoms with Gasteiger partial charge in [0.05, 0.1) is 19.9 Å². The van der Waals surface area contributed by atoms with Crippen molar-refractivity contribution in [1.82, 2.24) is 20.3 Å². The van der Waals surface area contributed by atoms with Crippen molar-refractivity contribution in [3.8, 4) is 11.5 Å². The molecule has 0 radical (unpaired) electrons. The third kappa shape index (κ3) is 3.72. The molecule has 1 N–H and O–H groups in total. The van der Waals surface area contributed by atoms with E-state index in [9.17, 15) is 0 Å². The van der Waals surface area contributed by atoms with E-state index in [-0.39, 0.29) is 6.04 Å². The highest BCUT2D eigenvalue weighted by molar-refractivity contribution is 5.42. The number of likely N-dealkylation sites (N-methyl/N-ethyl adjacent to an activating group) is 1. The SMILES string of the molecule is CCNC(Cc1cn(C)nn1)c1cc(OC)ccc1OC. The van der Waals surface area contributed by atoms with Gasteiger partial charge in [-0.15, -0.1) is 5.10 Å². The van der Waals surface area contributed by atoms with E-state index in [0.717, 1.165) is 35.7 Å². The maximum Gasteiger partial charge on any atom is 0.123 e. The number of aromatic nitrogens is 3. The first-order valence-electron chi connectivity index (χ1n) is 6.98. The maximum absolute atomic E-state index is 5.48. The van der Waals surface area contributed by atoms with Crippen LogP contribution in [0.2, 0.25) is 0 Å². The number of hydrogen-bond acceptors (Lipinski definition) is 5. The number of nitrogens with zero attached hydrogens (tertiary/aromatic N) is 3. The van der Waals surface area contributed by atoms with E-state index in [1.165, 1.54) is 0 Å². The van der Waals surface area contributed by atoms with E-state index < -0.39 is 0 Å². The minimum absolute atomic E-state index is 0.0942. The lowest BCUT2D eigenvalue weighted by Gasteiger charge is -2.20. The van der Waals surface area contributed by atoms with Gasteiger partial charge in [0.1, 0.15) is 11.5 Å². The molecule has 21 heavy (non-hydrogen) atoms. The molecule has 114 valence electrons. The van der Waals surface area contributed by atoms with E-state index in [2.05, 4.69) is 22.6 Å². The Morgan fingerprint density at radius 3 is 2.67 bits per heavy atom. The molecule has 0 aliphatic carbocycles. The van der Waals surface area contributed by atoms with E-state index in [4.69, 9.17) is 9.47 Å². The van der Waals surface area contributed by atoms with Crippen LogP contribution < -0.4 is 14.8 Å². The molecule has 1 aromatic heterocycles. The molecule has 2 aromatic rings. The van der Waals surface area contributed by atoms with Crippen molar-refractivity contribution in [3.63, 3.8) is 0 Å². The van der Waals surface area contributed by atoms with Crippen molar-refractivity contribution in [2.45, 2.75) is 19.4 Å². The molecule has 2 rings (SSSR count). The molecule has 0 amide bonds. The van der Waals surface area contributed by atoms with Crippen molar-refractivity contribution in [2.24, 2.45) is 7.05 Å². The first-order chi connectivity index (χ1) is 10.2. The first kappa shape index (κ1) is 15.3. The van der Waals surface area contributed by atoms with Gasteiger partial charge in [-0.2, -0.15) is 0 Å². The Morgan fingerprint density at radius 1 is 1.29 bits per heavy atom. The van der Waals surface area contributed by atoms with E-state index in [1.54, 1.807) is 18.9 Å². The van der Waals surface area contributed by atoms with E-state index in [1.807, 2.05) is 31.4 Å². The molecule has 0 bridgehead atoms. The normalized spacial score (nSPS) is 12.2. The zero-order valence-corrected chi connectivity index (χ0v) is 13.0. The van der Waals surface area contributed by atoms with Gasteiger partial charge in [0.2, 0.25) is 0 Å². The molecule has 1 atom stereocenters. The van der Waals surface area contributed by atoms with Crippen LogP contribution in [0.1, 0.15) is 24.2 Å². The standard InChI is InChI=1S/C15H22N4O2/c1-5-16-14(8-11-10-19(2)18-17-11)13-9-12(20-3)6-7-15(13)21-4/h6-7,9-10,14,16H,5,8H2,1-4H3. The quantitative estimate of drug-likeness (QED) is 0.841. The number of aryl methyl sites for hydroxylation is 1. The number of benzene rings is 1. The summed E-state index contributed by atoms with van der Waals surface area (Å²) in [5.41, 5.74) is 2.00. The molecule has 6 nitrogen and oxygen atoms in total. The van der Waals surface area contributed by atoms with Crippen molar-refractivity contribution in [2.75, 3.05) is 20.8 Å². The van der Waals surface area contributed by atoms with Gasteiger partial charge in [0.15, 0.2) is 0 Å². The summed E-state index contributed by atoms with van der Waals surface area (Å²) >= 11 is 0. The fraction of sp³-hybridized carbons (Fsp3) is 0.467. The second-order valence-corrected chi connectivity index (χ2v) is 4.81. The highest BCUT2D eigenvalue weighted by Gasteiger charge is 2.18. The molecule has 1 aromatic carbocycles.